The highest BCUT2D eigenvalue weighted by Crippen LogP contribution is 2.25. The highest BCUT2D eigenvalue weighted by molar-refractivity contribution is 5.99. The maximum absolute atomic E-state index is 11.7. The first-order valence-electron chi connectivity index (χ1n) is 13.0. The lowest BCUT2D eigenvalue weighted by Gasteiger charge is -2.34. The predicted molar refractivity (Wildman–Crippen MR) is 153 cm³/mol. The van der Waals surface area contributed by atoms with Crippen LogP contribution in [0.1, 0.15) is 54.9 Å². The molecular weight excluding hydrogens is 446 g/mol. The van der Waals surface area contributed by atoms with E-state index < -0.39 is 0 Å². The Labute approximate surface area is 218 Å². The minimum absolute atomic E-state index is 0.273. The SMILES string of the molecule is C\C=C(C)/N=C(C)\C(=C\C(C(=CC=O)/N=c1/ccc(N2CCN(C)CC2)cn1C)=C(\C)CC)C(C)C. The first-order valence-corrected chi connectivity index (χ1v) is 13.0. The lowest BCUT2D eigenvalue weighted by atomic mass is 9.93. The summed E-state index contributed by atoms with van der Waals surface area (Å²) in [6, 6.07) is 4.17. The van der Waals surface area contributed by atoms with Crippen molar-refractivity contribution in [3.05, 3.63) is 70.2 Å². The van der Waals surface area contributed by atoms with Crippen molar-refractivity contribution >= 4 is 17.7 Å². The molecule has 0 radical (unpaired) electrons. The molecule has 1 aromatic rings. The summed E-state index contributed by atoms with van der Waals surface area (Å²) in [5, 5.41) is 0. The minimum Gasteiger partial charge on any atom is -0.368 e. The van der Waals surface area contributed by atoms with Gasteiger partial charge < -0.3 is 14.4 Å². The van der Waals surface area contributed by atoms with Crippen LogP contribution < -0.4 is 10.4 Å². The van der Waals surface area contributed by atoms with Gasteiger partial charge in [0, 0.05) is 56.9 Å². The number of carbonyl (C=O) groups excluding carboxylic acids is 1. The van der Waals surface area contributed by atoms with Crippen LogP contribution in [0, 0.1) is 5.92 Å². The second-order valence-electron chi connectivity index (χ2n) is 9.88. The molecule has 2 rings (SSSR count). The quantitative estimate of drug-likeness (QED) is 0.200. The molecule has 1 aromatic heterocycles. The van der Waals surface area contributed by atoms with Gasteiger partial charge in [-0.2, -0.15) is 0 Å². The molecule has 1 aliphatic heterocycles. The molecule has 0 atom stereocenters. The summed E-state index contributed by atoms with van der Waals surface area (Å²) in [5.41, 5.74) is 7.92. The standard InChI is InChI=1S/C30H45N5O/c1-10-23(5)28(20-27(22(3)4)25(7)31-24(6)11-2)29(14-19-36)32-30-13-12-26(21-34(30)9)35-17-15-33(8)16-18-35/h11-14,19-22H,10,15-18H2,1-9H3/b24-11-,27-20+,28-23+,29-14?,31-25-,32-30-. The summed E-state index contributed by atoms with van der Waals surface area (Å²) in [6.45, 7) is 18.8. The minimum atomic E-state index is 0.273. The van der Waals surface area contributed by atoms with Crippen molar-refractivity contribution in [1.82, 2.24) is 9.47 Å². The van der Waals surface area contributed by atoms with Crippen LogP contribution in [0.2, 0.25) is 0 Å². The molecule has 1 fully saturated rings. The summed E-state index contributed by atoms with van der Waals surface area (Å²) < 4.78 is 2.04. The van der Waals surface area contributed by atoms with Crippen LogP contribution in [0.3, 0.4) is 0 Å². The molecule has 0 aliphatic carbocycles. The van der Waals surface area contributed by atoms with Gasteiger partial charge >= 0.3 is 0 Å². The fraction of sp³-hybridized carbons (Fsp3) is 0.500. The van der Waals surface area contributed by atoms with Crippen LogP contribution in [-0.2, 0) is 11.8 Å². The summed E-state index contributed by atoms with van der Waals surface area (Å²) in [6.07, 6.45) is 9.57. The molecule has 0 unspecified atom stereocenters. The van der Waals surface area contributed by atoms with Gasteiger partial charge in [-0.1, -0.05) is 32.4 Å². The number of pyridine rings is 1. The third kappa shape index (κ3) is 8.02. The maximum Gasteiger partial charge on any atom is 0.145 e. The van der Waals surface area contributed by atoms with E-state index in [4.69, 9.17) is 9.98 Å². The number of carbonyl (C=O) groups is 1. The molecule has 0 spiro atoms. The molecule has 36 heavy (non-hydrogen) atoms. The number of piperazine rings is 1. The van der Waals surface area contributed by atoms with E-state index in [1.54, 1.807) is 6.08 Å². The van der Waals surface area contributed by atoms with Crippen molar-refractivity contribution < 1.29 is 4.79 Å². The number of aldehydes is 1. The Bertz CT molecular complexity index is 1140. The summed E-state index contributed by atoms with van der Waals surface area (Å²) in [5.74, 6) is 0.273. The number of hydrogen-bond acceptors (Lipinski definition) is 5. The van der Waals surface area contributed by atoms with E-state index >= 15 is 0 Å². The average Bonchev–Trinajstić information content (AvgIpc) is 2.85. The Morgan fingerprint density at radius 3 is 2.28 bits per heavy atom. The Morgan fingerprint density at radius 2 is 1.75 bits per heavy atom. The number of likely N-dealkylation sites (N-methyl/N-ethyl adjacent to an activating group) is 1. The average molecular weight is 492 g/mol. The van der Waals surface area contributed by atoms with E-state index in [2.05, 4.69) is 69.8 Å². The second kappa shape index (κ2) is 13.9. The normalized spacial score (nSPS) is 18.2. The van der Waals surface area contributed by atoms with Crippen molar-refractivity contribution in [1.29, 1.82) is 0 Å². The Kier molecular flexibility index (Phi) is 11.3. The van der Waals surface area contributed by atoms with Crippen LogP contribution in [-0.4, -0.2) is 54.7 Å². The number of allylic oxidation sites excluding steroid dienone is 6. The number of hydrogen-bond donors (Lipinski definition) is 0. The summed E-state index contributed by atoms with van der Waals surface area (Å²) in [4.78, 5) is 26.2. The lowest BCUT2D eigenvalue weighted by molar-refractivity contribution is -0.104. The van der Waals surface area contributed by atoms with Crippen molar-refractivity contribution in [2.24, 2.45) is 23.0 Å². The van der Waals surface area contributed by atoms with Crippen LogP contribution >= 0.6 is 0 Å². The zero-order chi connectivity index (χ0) is 26.8. The Hall–Kier alpha value is -2.99. The third-order valence-electron chi connectivity index (χ3n) is 6.79. The smallest absolute Gasteiger partial charge is 0.145 e. The Morgan fingerprint density at radius 1 is 1.08 bits per heavy atom. The molecule has 196 valence electrons. The van der Waals surface area contributed by atoms with Gasteiger partial charge in [0.15, 0.2) is 0 Å². The lowest BCUT2D eigenvalue weighted by Crippen LogP contribution is -2.44. The molecule has 0 saturated carbocycles. The molecule has 0 bridgehead atoms. The molecule has 6 nitrogen and oxygen atoms in total. The number of aromatic nitrogens is 1. The molecule has 6 heteroatoms. The molecule has 0 amide bonds. The van der Waals surface area contributed by atoms with Crippen molar-refractivity contribution in [2.45, 2.75) is 54.9 Å². The fourth-order valence-electron chi connectivity index (χ4n) is 4.17. The third-order valence-corrected chi connectivity index (χ3v) is 6.79. The first-order chi connectivity index (χ1) is 17.1. The Balaban J connectivity index is 2.59. The van der Waals surface area contributed by atoms with E-state index in [0.29, 0.717) is 5.70 Å². The van der Waals surface area contributed by atoms with Gasteiger partial charge in [0.05, 0.1) is 11.4 Å². The number of nitrogens with zero attached hydrogens (tertiary/aromatic N) is 5. The van der Waals surface area contributed by atoms with Crippen molar-refractivity contribution in [3.63, 3.8) is 0 Å². The molecule has 0 aromatic carbocycles. The molecule has 2 heterocycles. The summed E-state index contributed by atoms with van der Waals surface area (Å²) in [7, 11) is 4.18. The molecule has 1 saturated heterocycles. The van der Waals surface area contributed by atoms with Crippen molar-refractivity contribution in [3.8, 4) is 0 Å². The zero-order valence-corrected chi connectivity index (χ0v) is 23.8. The first kappa shape index (κ1) is 29.2. The van der Waals surface area contributed by atoms with Gasteiger partial charge in [0.1, 0.15) is 11.8 Å². The number of anilines is 1. The number of aliphatic imine (C=N–C) groups is 1. The van der Waals surface area contributed by atoms with Gasteiger partial charge in [-0.15, -0.1) is 0 Å². The van der Waals surface area contributed by atoms with Gasteiger partial charge in [0.25, 0.3) is 0 Å². The monoisotopic (exact) mass is 491 g/mol. The second-order valence-corrected chi connectivity index (χ2v) is 9.88. The van der Waals surface area contributed by atoms with Gasteiger partial charge in [-0.05, 0) is 76.4 Å². The van der Waals surface area contributed by atoms with Crippen LogP contribution in [0.25, 0.3) is 0 Å². The summed E-state index contributed by atoms with van der Waals surface area (Å²) >= 11 is 0. The fourth-order valence-corrected chi connectivity index (χ4v) is 4.17. The number of aryl methyl sites for hydroxylation is 1. The van der Waals surface area contributed by atoms with E-state index in [9.17, 15) is 4.79 Å². The maximum atomic E-state index is 11.7. The van der Waals surface area contributed by atoms with Gasteiger partial charge in [0.2, 0.25) is 0 Å². The van der Waals surface area contributed by atoms with Crippen LogP contribution in [0.15, 0.2) is 74.7 Å². The van der Waals surface area contributed by atoms with E-state index in [-0.39, 0.29) is 5.92 Å². The molecule has 0 N–H and O–H groups in total. The predicted octanol–water partition coefficient (Wildman–Crippen LogP) is 5.45. The van der Waals surface area contributed by atoms with Crippen molar-refractivity contribution in [2.75, 3.05) is 38.1 Å². The van der Waals surface area contributed by atoms with Crippen LogP contribution in [0.5, 0.6) is 0 Å². The largest absolute Gasteiger partial charge is 0.368 e. The van der Waals surface area contributed by atoms with Crippen LogP contribution in [0.4, 0.5) is 5.69 Å². The highest BCUT2D eigenvalue weighted by Gasteiger charge is 2.15. The topological polar surface area (TPSA) is 53.2 Å². The van der Waals surface area contributed by atoms with Gasteiger partial charge in [-0.25, -0.2) is 4.99 Å². The van der Waals surface area contributed by atoms with E-state index in [1.165, 1.54) is 11.3 Å². The molecule has 1 aliphatic rings. The molecular formula is C30H45N5O. The number of rotatable bonds is 9. The van der Waals surface area contributed by atoms with E-state index in [0.717, 1.165) is 66.9 Å². The zero-order valence-electron chi connectivity index (χ0n) is 23.8. The van der Waals surface area contributed by atoms with E-state index in [1.807, 2.05) is 37.6 Å². The van der Waals surface area contributed by atoms with Gasteiger partial charge in [-0.3, -0.25) is 9.79 Å². The highest BCUT2D eigenvalue weighted by atomic mass is 16.1.